The number of nitrogens with zero attached hydrogens (tertiary/aromatic N) is 3. The number of H-pyrrole nitrogens is 1. The molecule has 11 heteroatoms. The number of aromatic amines is 1. The molecule has 0 atom stereocenters. The summed E-state index contributed by atoms with van der Waals surface area (Å²) in [6.45, 7) is 0.217. The van der Waals surface area contributed by atoms with Gasteiger partial charge in [-0.25, -0.2) is 0 Å². The monoisotopic (exact) mass is 447 g/mol. The SMILES string of the molecule is O=C(CCN1C(=O)C(=Cc2ccc[nH]2)SC1=S)Nc1nc(-c2cccs2)ns1. The van der Waals surface area contributed by atoms with Crippen LogP contribution < -0.4 is 5.32 Å². The maximum Gasteiger partial charge on any atom is 0.266 e. The zero-order valence-electron chi connectivity index (χ0n) is 14.2. The molecular formula is C17H13N5O2S4. The molecule has 3 aromatic heterocycles. The fraction of sp³-hybridized carbons (Fsp3) is 0.118. The lowest BCUT2D eigenvalue weighted by molar-refractivity contribution is -0.122. The third kappa shape index (κ3) is 4.22. The summed E-state index contributed by atoms with van der Waals surface area (Å²) in [7, 11) is 0. The van der Waals surface area contributed by atoms with Crippen LogP contribution in [-0.4, -0.2) is 41.9 Å². The second-order valence-electron chi connectivity index (χ2n) is 5.66. The number of thiophene rings is 1. The molecule has 142 valence electrons. The highest BCUT2D eigenvalue weighted by molar-refractivity contribution is 8.26. The Morgan fingerprint density at radius 3 is 3.00 bits per heavy atom. The number of nitrogens with one attached hydrogen (secondary N) is 2. The van der Waals surface area contributed by atoms with Gasteiger partial charge in [-0.1, -0.05) is 30.0 Å². The predicted molar refractivity (Wildman–Crippen MR) is 117 cm³/mol. The fourth-order valence-electron chi connectivity index (χ4n) is 2.44. The van der Waals surface area contributed by atoms with Crippen LogP contribution in [-0.2, 0) is 9.59 Å². The van der Waals surface area contributed by atoms with Crippen LogP contribution in [0.4, 0.5) is 5.13 Å². The Labute approximate surface area is 178 Å². The van der Waals surface area contributed by atoms with Crippen LogP contribution in [0, 0.1) is 0 Å². The van der Waals surface area contributed by atoms with E-state index in [9.17, 15) is 9.59 Å². The molecule has 0 saturated carbocycles. The standard InChI is InChI=1S/C17H13N5O2S4/c23-13(19-16-20-14(21-28-16)11-4-2-8-26-11)5-7-22-15(24)12(27-17(22)25)9-10-3-1-6-18-10/h1-4,6,8-9,18H,5,7H2,(H,19,20,21,23). The number of carbonyl (C=O) groups is 2. The maximum absolute atomic E-state index is 12.5. The van der Waals surface area contributed by atoms with Gasteiger partial charge in [0.05, 0.1) is 9.78 Å². The number of rotatable bonds is 6. The minimum Gasteiger partial charge on any atom is -0.362 e. The number of thioether (sulfide) groups is 1. The smallest absolute Gasteiger partial charge is 0.266 e. The summed E-state index contributed by atoms with van der Waals surface area (Å²) in [5, 5.41) is 5.11. The van der Waals surface area contributed by atoms with Crippen molar-refractivity contribution in [2.45, 2.75) is 6.42 Å². The summed E-state index contributed by atoms with van der Waals surface area (Å²) in [5.74, 6) is 0.172. The number of hydrogen-bond acceptors (Lipinski definition) is 8. The molecule has 0 bridgehead atoms. The Hall–Kier alpha value is -2.34. The second kappa shape index (κ2) is 8.35. The Bertz CT molecular complexity index is 1040. The van der Waals surface area contributed by atoms with Crippen LogP contribution in [0.15, 0.2) is 40.7 Å². The van der Waals surface area contributed by atoms with Crippen LogP contribution in [0.25, 0.3) is 16.8 Å². The normalized spacial score (nSPS) is 15.6. The highest BCUT2D eigenvalue weighted by atomic mass is 32.2. The molecule has 0 aromatic carbocycles. The van der Waals surface area contributed by atoms with Crippen molar-refractivity contribution in [3.05, 3.63) is 46.4 Å². The van der Waals surface area contributed by atoms with Gasteiger partial charge in [-0.15, -0.1) is 11.3 Å². The van der Waals surface area contributed by atoms with Gasteiger partial charge in [-0.3, -0.25) is 14.5 Å². The molecule has 0 radical (unpaired) electrons. The van der Waals surface area contributed by atoms with E-state index in [-0.39, 0.29) is 24.8 Å². The van der Waals surface area contributed by atoms with E-state index in [0.29, 0.717) is 20.2 Å². The molecule has 7 nitrogen and oxygen atoms in total. The molecule has 4 rings (SSSR count). The third-order valence-corrected chi connectivity index (χ3v) is 6.63. The molecule has 0 unspecified atom stereocenters. The number of anilines is 1. The van der Waals surface area contributed by atoms with Gasteiger partial charge in [-0.2, -0.15) is 9.36 Å². The second-order valence-corrected chi connectivity index (χ2v) is 9.03. The average molecular weight is 448 g/mol. The maximum atomic E-state index is 12.5. The van der Waals surface area contributed by atoms with Crippen LogP contribution in [0.2, 0.25) is 0 Å². The summed E-state index contributed by atoms with van der Waals surface area (Å²) in [4.78, 5) is 35.1. The summed E-state index contributed by atoms with van der Waals surface area (Å²) in [6.07, 6.45) is 3.66. The molecule has 2 N–H and O–H groups in total. The van der Waals surface area contributed by atoms with Gasteiger partial charge < -0.3 is 10.3 Å². The van der Waals surface area contributed by atoms with Crippen LogP contribution >= 0.6 is 46.8 Å². The molecule has 1 aliphatic heterocycles. The summed E-state index contributed by atoms with van der Waals surface area (Å²) >= 11 is 9.19. The highest BCUT2D eigenvalue weighted by Gasteiger charge is 2.32. The first-order valence-electron chi connectivity index (χ1n) is 8.16. The van der Waals surface area contributed by atoms with Gasteiger partial charge in [0.15, 0.2) is 5.82 Å². The van der Waals surface area contributed by atoms with E-state index in [1.54, 1.807) is 12.3 Å². The molecule has 1 fully saturated rings. The number of aromatic nitrogens is 3. The van der Waals surface area contributed by atoms with E-state index in [1.165, 1.54) is 28.0 Å². The van der Waals surface area contributed by atoms with Gasteiger partial charge in [0.1, 0.15) is 4.32 Å². The van der Waals surface area contributed by atoms with Gasteiger partial charge >= 0.3 is 0 Å². The van der Waals surface area contributed by atoms with Crippen molar-refractivity contribution in [1.29, 1.82) is 0 Å². The Kier molecular flexibility index (Phi) is 5.67. The summed E-state index contributed by atoms with van der Waals surface area (Å²) in [5.41, 5.74) is 0.830. The Morgan fingerprint density at radius 1 is 1.36 bits per heavy atom. The molecular weight excluding hydrogens is 434 g/mol. The molecule has 0 spiro atoms. The first-order chi connectivity index (χ1) is 13.6. The zero-order valence-corrected chi connectivity index (χ0v) is 17.5. The number of amides is 2. The first kappa shape index (κ1) is 19.0. The van der Waals surface area contributed by atoms with Gasteiger partial charge in [0, 0.05) is 36.4 Å². The highest BCUT2D eigenvalue weighted by Crippen LogP contribution is 2.32. The first-order valence-corrected chi connectivity index (χ1v) is 11.0. The van der Waals surface area contributed by atoms with E-state index in [1.807, 2.05) is 29.6 Å². The molecule has 3 aromatic rings. The fourth-order valence-corrected chi connectivity index (χ4v) is 5.06. The van der Waals surface area contributed by atoms with Crippen molar-refractivity contribution in [1.82, 2.24) is 19.2 Å². The van der Waals surface area contributed by atoms with Gasteiger partial charge in [0.25, 0.3) is 5.91 Å². The van der Waals surface area contributed by atoms with Crippen LogP contribution in [0.3, 0.4) is 0 Å². The minimum absolute atomic E-state index is 0.121. The van der Waals surface area contributed by atoms with Gasteiger partial charge in [-0.05, 0) is 29.7 Å². The number of carbonyl (C=O) groups excluding carboxylic acids is 2. The Balaban J connectivity index is 1.33. The van der Waals surface area contributed by atoms with E-state index in [0.717, 1.165) is 22.1 Å². The topological polar surface area (TPSA) is 91.0 Å². The van der Waals surface area contributed by atoms with Crippen molar-refractivity contribution in [2.75, 3.05) is 11.9 Å². The predicted octanol–water partition coefficient (Wildman–Crippen LogP) is 3.82. The molecule has 28 heavy (non-hydrogen) atoms. The molecule has 4 heterocycles. The van der Waals surface area contributed by atoms with Crippen LogP contribution in [0.1, 0.15) is 12.1 Å². The lowest BCUT2D eigenvalue weighted by atomic mass is 10.3. The summed E-state index contributed by atoms with van der Waals surface area (Å²) < 4.78 is 4.70. The Morgan fingerprint density at radius 2 is 2.25 bits per heavy atom. The van der Waals surface area contributed by atoms with Crippen molar-refractivity contribution < 1.29 is 9.59 Å². The quantitative estimate of drug-likeness (QED) is 0.441. The summed E-state index contributed by atoms with van der Waals surface area (Å²) in [6, 6.07) is 7.57. The largest absolute Gasteiger partial charge is 0.362 e. The lowest BCUT2D eigenvalue weighted by Gasteiger charge is -2.13. The van der Waals surface area contributed by atoms with Crippen molar-refractivity contribution >= 4 is 74.2 Å². The molecule has 0 aliphatic carbocycles. The van der Waals surface area contributed by atoms with E-state index >= 15 is 0 Å². The van der Waals surface area contributed by atoms with Crippen molar-refractivity contribution in [3.63, 3.8) is 0 Å². The molecule has 2 amide bonds. The van der Waals surface area contributed by atoms with Gasteiger partial charge in [0.2, 0.25) is 11.0 Å². The van der Waals surface area contributed by atoms with Crippen molar-refractivity contribution in [3.8, 4) is 10.7 Å². The lowest BCUT2D eigenvalue weighted by Crippen LogP contribution is -2.31. The molecule has 1 aliphatic rings. The number of hydrogen-bond donors (Lipinski definition) is 2. The average Bonchev–Trinajstić information content (AvgIpc) is 3.44. The third-order valence-electron chi connectivity index (χ3n) is 3.76. The van der Waals surface area contributed by atoms with Crippen LogP contribution in [0.5, 0.6) is 0 Å². The zero-order chi connectivity index (χ0) is 19.5. The number of thiocarbonyl (C=S) groups is 1. The van der Waals surface area contributed by atoms with Crippen molar-refractivity contribution in [2.24, 2.45) is 0 Å². The van der Waals surface area contributed by atoms with E-state index in [4.69, 9.17) is 12.2 Å². The minimum atomic E-state index is -0.240. The molecule has 1 saturated heterocycles. The van der Waals surface area contributed by atoms with E-state index < -0.39 is 0 Å². The van der Waals surface area contributed by atoms with E-state index in [2.05, 4.69) is 19.7 Å².